The highest BCUT2D eigenvalue weighted by Gasteiger charge is 2.09. The maximum atomic E-state index is 5.67. The summed E-state index contributed by atoms with van der Waals surface area (Å²) < 4.78 is 5.67. The van der Waals surface area contributed by atoms with Crippen LogP contribution in [0.5, 0.6) is 0 Å². The summed E-state index contributed by atoms with van der Waals surface area (Å²) in [5, 5.41) is 8.74. The molecule has 3 rings (SSSR count). The number of hydrogen-bond acceptors (Lipinski definition) is 5. The number of pyridine rings is 1. The van der Waals surface area contributed by atoms with Gasteiger partial charge >= 0.3 is 0 Å². The Balaban J connectivity index is 1.70. The molecule has 5 heteroatoms. The molecule has 0 fully saturated rings. The minimum atomic E-state index is 0.528. The molecule has 0 aliphatic rings. The smallest absolute Gasteiger partial charge is 0.277 e. The van der Waals surface area contributed by atoms with Crippen molar-refractivity contribution in [2.75, 3.05) is 0 Å². The van der Waals surface area contributed by atoms with E-state index in [0.717, 1.165) is 11.3 Å². The molecule has 0 spiro atoms. The first-order valence-electron chi connectivity index (χ1n) is 6.65. The highest BCUT2D eigenvalue weighted by Crippen LogP contribution is 2.26. The third-order valence-corrected chi connectivity index (χ3v) is 4.05. The second kappa shape index (κ2) is 6.10. The third kappa shape index (κ3) is 3.31. The number of nitrogens with zero attached hydrogens (tertiary/aromatic N) is 3. The van der Waals surface area contributed by atoms with Crippen molar-refractivity contribution in [1.29, 1.82) is 0 Å². The van der Waals surface area contributed by atoms with Gasteiger partial charge in [-0.25, -0.2) is 0 Å². The SMILES string of the molecule is Cc1ccc(CSc2nnc(-c3ccncc3)o2)c(C)c1. The van der Waals surface area contributed by atoms with Crippen LogP contribution in [0.3, 0.4) is 0 Å². The first-order chi connectivity index (χ1) is 10.2. The highest BCUT2D eigenvalue weighted by atomic mass is 32.2. The fourth-order valence-corrected chi connectivity index (χ4v) is 2.87. The van der Waals surface area contributed by atoms with Gasteiger partial charge in [0.05, 0.1) is 0 Å². The first-order valence-corrected chi connectivity index (χ1v) is 7.64. The molecule has 0 N–H and O–H groups in total. The molecule has 0 saturated carbocycles. The van der Waals surface area contributed by atoms with Gasteiger partial charge in [-0.1, -0.05) is 35.5 Å². The Morgan fingerprint density at radius 3 is 2.62 bits per heavy atom. The summed E-state index contributed by atoms with van der Waals surface area (Å²) in [7, 11) is 0. The molecule has 4 nitrogen and oxygen atoms in total. The maximum absolute atomic E-state index is 5.67. The molecule has 0 amide bonds. The fourth-order valence-electron chi connectivity index (χ4n) is 2.03. The van der Waals surface area contributed by atoms with Crippen LogP contribution in [0, 0.1) is 13.8 Å². The van der Waals surface area contributed by atoms with Gasteiger partial charge in [0.15, 0.2) is 0 Å². The number of aromatic nitrogens is 3. The number of rotatable bonds is 4. The van der Waals surface area contributed by atoms with E-state index in [9.17, 15) is 0 Å². The summed E-state index contributed by atoms with van der Waals surface area (Å²) in [5.41, 5.74) is 4.74. The largest absolute Gasteiger partial charge is 0.411 e. The van der Waals surface area contributed by atoms with Crippen LogP contribution in [0.25, 0.3) is 11.5 Å². The number of thioether (sulfide) groups is 1. The molecular formula is C16H15N3OS. The first kappa shape index (κ1) is 13.8. The van der Waals surface area contributed by atoms with E-state index < -0.39 is 0 Å². The van der Waals surface area contributed by atoms with Gasteiger partial charge in [0.2, 0.25) is 5.89 Å². The van der Waals surface area contributed by atoms with Gasteiger partial charge in [-0.2, -0.15) is 0 Å². The molecule has 0 bridgehead atoms. The Kier molecular flexibility index (Phi) is 4.01. The Bertz CT molecular complexity index is 740. The van der Waals surface area contributed by atoms with Crippen LogP contribution >= 0.6 is 11.8 Å². The molecule has 106 valence electrons. The summed E-state index contributed by atoms with van der Waals surface area (Å²) in [5.74, 6) is 1.35. The van der Waals surface area contributed by atoms with Gasteiger partial charge in [-0.05, 0) is 37.1 Å². The van der Waals surface area contributed by atoms with Crippen molar-refractivity contribution in [3.8, 4) is 11.5 Å². The average Bonchev–Trinajstić information content (AvgIpc) is 2.96. The Labute approximate surface area is 127 Å². The van der Waals surface area contributed by atoms with Gasteiger partial charge in [0, 0.05) is 23.7 Å². The van der Waals surface area contributed by atoms with Crippen LogP contribution in [-0.4, -0.2) is 15.2 Å². The minimum Gasteiger partial charge on any atom is -0.411 e. The number of hydrogen-bond donors (Lipinski definition) is 0. The minimum absolute atomic E-state index is 0.528. The standard InChI is InChI=1S/C16H15N3OS/c1-11-3-4-14(12(2)9-11)10-21-16-19-18-15(20-16)13-5-7-17-8-6-13/h3-9H,10H2,1-2H3. The molecule has 21 heavy (non-hydrogen) atoms. The Morgan fingerprint density at radius 1 is 1.05 bits per heavy atom. The van der Waals surface area contributed by atoms with E-state index in [1.807, 2.05) is 12.1 Å². The monoisotopic (exact) mass is 297 g/mol. The van der Waals surface area contributed by atoms with Crippen molar-refractivity contribution < 1.29 is 4.42 Å². The Hall–Kier alpha value is -2.14. The van der Waals surface area contributed by atoms with E-state index in [1.54, 1.807) is 24.2 Å². The molecule has 0 aliphatic carbocycles. The van der Waals surface area contributed by atoms with Gasteiger partial charge < -0.3 is 4.42 Å². The van der Waals surface area contributed by atoms with Crippen LogP contribution < -0.4 is 0 Å². The van der Waals surface area contributed by atoms with Crippen LogP contribution in [0.1, 0.15) is 16.7 Å². The summed E-state index contributed by atoms with van der Waals surface area (Å²) >= 11 is 1.55. The predicted octanol–water partition coefficient (Wildman–Crippen LogP) is 4.04. The second-order valence-electron chi connectivity index (χ2n) is 4.83. The van der Waals surface area contributed by atoms with E-state index in [0.29, 0.717) is 11.1 Å². The van der Waals surface area contributed by atoms with Crippen molar-refractivity contribution in [3.05, 3.63) is 59.4 Å². The van der Waals surface area contributed by atoms with E-state index >= 15 is 0 Å². The average molecular weight is 297 g/mol. The van der Waals surface area contributed by atoms with Gasteiger partial charge in [0.25, 0.3) is 5.22 Å². The molecule has 3 aromatic rings. The van der Waals surface area contributed by atoms with E-state index in [4.69, 9.17) is 4.42 Å². The van der Waals surface area contributed by atoms with Crippen LogP contribution in [0.4, 0.5) is 0 Å². The van der Waals surface area contributed by atoms with E-state index in [1.165, 1.54) is 16.7 Å². The zero-order valence-electron chi connectivity index (χ0n) is 11.9. The normalized spacial score (nSPS) is 10.8. The summed E-state index contributed by atoms with van der Waals surface area (Å²) in [4.78, 5) is 3.98. The van der Waals surface area contributed by atoms with Crippen molar-refractivity contribution >= 4 is 11.8 Å². The van der Waals surface area contributed by atoms with E-state index in [2.05, 4.69) is 47.2 Å². The third-order valence-electron chi connectivity index (χ3n) is 3.18. The topological polar surface area (TPSA) is 51.8 Å². The van der Waals surface area contributed by atoms with Crippen molar-refractivity contribution in [3.63, 3.8) is 0 Å². The molecule has 2 heterocycles. The predicted molar refractivity (Wildman–Crippen MR) is 83.0 cm³/mol. The summed E-state index contributed by atoms with van der Waals surface area (Å²) in [6.07, 6.45) is 3.42. The Morgan fingerprint density at radius 2 is 1.86 bits per heavy atom. The lowest BCUT2D eigenvalue weighted by atomic mass is 10.1. The molecule has 1 aromatic carbocycles. The highest BCUT2D eigenvalue weighted by molar-refractivity contribution is 7.98. The summed E-state index contributed by atoms with van der Waals surface area (Å²) in [6, 6.07) is 10.2. The molecule has 2 aromatic heterocycles. The molecule has 0 atom stereocenters. The molecular weight excluding hydrogens is 282 g/mol. The fraction of sp³-hybridized carbons (Fsp3) is 0.188. The zero-order valence-corrected chi connectivity index (χ0v) is 12.7. The van der Waals surface area contributed by atoms with Gasteiger partial charge in [-0.15, -0.1) is 10.2 Å². The lowest BCUT2D eigenvalue weighted by Gasteiger charge is -2.04. The lowest BCUT2D eigenvalue weighted by molar-refractivity contribution is 0.466. The summed E-state index contributed by atoms with van der Waals surface area (Å²) in [6.45, 7) is 4.22. The molecule has 0 saturated heterocycles. The van der Waals surface area contributed by atoms with E-state index in [-0.39, 0.29) is 0 Å². The maximum Gasteiger partial charge on any atom is 0.277 e. The van der Waals surface area contributed by atoms with Gasteiger partial charge in [-0.3, -0.25) is 4.98 Å². The van der Waals surface area contributed by atoms with Crippen molar-refractivity contribution in [1.82, 2.24) is 15.2 Å². The van der Waals surface area contributed by atoms with Crippen LogP contribution in [0.15, 0.2) is 52.4 Å². The number of benzene rings is 1. The van der Waals surface area contributed by atoms with Crippen LogP contribution in [-0.2, 0) is 5.75 Å². The molecule has 0 radical (unpaired) electrons. The molecule has 0 aliphatic heterocycles. The van der Waals surface area contributed by atoms with Crippen molar-refractivity contribution in [2.45, 2.75) is 24.8 Å². The number of aryl methyl sites for hydroxylation is 2. The molecule has 0 unspecified atom stereocenters. The second-order valence-corrected chi connectivity index (χ2v) is 5.75. The quantitative estimate of drug-likeness (QED) is 0.680. The van der Waals surface area contributed by atoms with Crippen LogP contribution in [0.2, 0.25) is 0 Å². The zero-order chi connectivity index (χ0) is 14.7. The van der Waals surface area contributed by atoms with Gasteiger partial charge in [0.1, 0.15) is 0 Å². The lowest BCUT2D eigenvalue weighted by Crippen LogP contribution is -1.87. The van der Waals surface area contributed by atoms with Crippen molar-refractivity contribution in [2.24, 2.45) is 0 Å².